The van der Waals surface area contributed by atoms with Gasteiger partial charge < -0.3 is 15.2 Å². The van der Waals surface area contributed by atoms with Crippen LogP contribution in [-0.4, -0.2) is 32.8 Å². The van der Waals surface area contributed by atoms with E-state index < -0.39 is 0 Å². The zero-order chi connectivity index (χ0) is 11.8. The van der Waals surface area contributed by atoms with E-state index in [1.54, 1.807) is 7.11 Å². The Hall–Kier alpha value is -0.610. The summed E-state index contributed by atoms with van der Waals surface area (Å²) in [5.41, 5.74) is 5.68. The molecule has 0 spiro atoms. The predicted octanol–water partition coefficient (Wildman–Crippen LogP) is 1.33. The molecular weight excluding hydrogens is 206 g/mol. The first-order chi connectivity index (χ1) is 7.79. The average molecular weight is 229 g/mol. The molecular formula is C12H23NO3. The second kappa shape index (κ2) is 7.63. The maximum absolute atomic E-state index is 11.8. The molecule has 16 heavy (non-hydrogen) atoms. The monoisotopic (exact) mass is 229 g/mol. The van der Waals surface area contributed by atoms with Crippen LogP contribution < -0.4 is 5.73 Å². The molecule has 0 radical (unpaired) electrons. The van der Waals surface area contributed by atoms with Crippen molar-refractivity contribution in [2.24, 2.45) is 17.6 Å². The van der Waals surface area contributed by atoms with Gasteiger partial charge in [-0.15, -0.1) is 0 Å². The van der Waals surface area contributed by atoms with Crippen LogP contribution in [-0.2, 0) is 14.3 Å². The molecule has 2 atom stereocenters. The molecule has 1 rings (SSSR count). The van der Waals surface area contributed by atoms with E-state index in [2.05, 4.69) is 0 Å². The number of ether oxygens (including phenoxy) is 2. The van der Waals surface area contributed by atoms with Crippen LogP contribution in [0, 0.1) is 11.8 Å². The third kappa shape index (κ3) is 4.10. The average Bonchev–Trinajstić information content (AvgIpc) is 2.34. The number of methoxy groups -OCH3 is 1. The Morgan fingerprint density at radius 2 is 2.06 bits per heavy atom. The van der Waals surface area contributed by atoms with E-state index in [4.69, 9.17) is 15.2 Å². The number of carbonyl (C=O) groups is 1. The summed E-state index contributed by atoms with van der Waals surface area (Å²) in [6.45, 7) is 1.69. The summed E-state index contributed by atoms with van der Waals surface area (Å²) in [5, 5.41) is 0. The molecule has 0 aliphatic heterocycles. The molecule has 4 heteroatoms. The molecule has 0 saturated heterocycles. The molecule has 0 amide bonds. The van der Waals surface area contributed by atoms with Crippen molar-refractivity contribution >= 4 is 5.97 Å². The number of esters is 1. The van der Waals surface area contributed by atoms with Crippen LogP contribution in [0.4, 0.5) is 0 Å². The number of carbonyl (C=O) groups excluding carboxylic acids is 1. The van der Waals surface area contributed by atoms with Crippen LogP contribution in [0.2, 0.25) is 0 Å². The summed E-state index contributed by atoms with van der Waals surface area (Å²) in [4.78, 5) is 11.8. The Bertz CT molecular complexity index is 208. The minimum atomic E-state index is -0.0637. The first-order valence-electron chi connectivity index (χ1n) is 6.15. The van der Waals surface area contributed by atoms with Crippen LogP contribution in [0.3, 0.4) is 0 Å². The van der Waals surface area contributed by atoms with Gasteiger partial charge in [-0.25, -0.2) is 0 Å². The minimum Gasteiger partial charge on any atom is -0.465 e. The Kier molecular flexibility index (Phi) is 6.42. The number of hydrogen-bond donors (Lipinski definition) is 1. The molecule has 0 heterocycles. The highest BCUT2D eigenvalue weighted by Gasteiger charge is 2.30. The van der Waals surface area contributed by atoms with E-state index in [1.807, 2.05) is 0 Å². The van der Waals surface area contributed by atoms with Gasteiger partial charge >= 0.3 is 5.97 Å². The third-order valence-corrected chi connectivity index (χ3v) is 3.25. The Morgan fingerprint density at radius 1 is 1.31 bits per heavy atom. The summed E-state index contributed by atoms with van der Waals surface area (Å²) in [6, 6.07) is 0. The van der Waals surface area contributed by atoms with Crippen LogP contribution in [0.1, 0.15) is 32.1 Å². The zero-order valence-electron chi connectivity index (χ0n) is 10.1. The normalized spacial score (nSPS) is 25.4. The van der Waals surface area contributed by atoms with Gasteiger partial charge in [-0.1, -0.05) is 12.8 Å². The fourth-order valence-corrected chi connectivity index (χ4v) is 2.28. The predicted molar refractivity (Wildman–Crippen MR) is 62.0 cm³/mol. The fraction of sp³-hybridized carbons (Fsp3) is 0.917. The molecule has 2 N–H and O–H groups in total. The summed E-state index contributed by atoms with van der Waals surface area (Å²) in [5.74, 6) is 0.288. The van der Waals surface area contributed by atoms with E-state index in [1.165, 1.54) is 6.42 Å². The molecule has 1 aliphatic carbocycles. The Labute approximate surface area is 97.5 Å². The van der Waals surface area contributed by atoms with E-state index in [9.17, 15) is 4.79 Å². The van der Waals surface area contributed by atoms with Gasteiger partial charge in [0, 0.05) is 20.1 Å². The lowest BCUT2D eigenvalue weighted by Crippen LogP contribution is -2.33. The lowest BCUT2D eigenvalue weighted by atomic mass is 9.79. The van der Waals surface area contributed by atoms with Gasteiger partial charge in [0.15, 0.2) is 0 Å². The van der Waals surface area contributed by atoms with Crippen LogP contribution >= 0.6 is 0 Å². The summed E-state index contributed by atoms with van der Waals surface area (Å²) in [7, 11) is 1.65. The van der Waals surface area contributed by atoms with E-state index in [-0.39, 0.29) is 11.9 Å². The van der Waals surface area contributed by atoms with Gasteiger partial charge in [-0.2, -0.15) is 0 Å². The Morgan fingerprint density at radius 3 is 2.75 bits per heavy atom. The van der Waals surface area contributed by atoms with Gasteiger partial charge in [-0.05, 0) is 25.3 Å². The van der Waals surface area contributed by atoms with Crippen molar-refractivity contribution in [2.75, 3.05) is 26.9 Å². The third-order valence-electron chi connectivity index (χ3n) is 3.25. The van der Waals surface area contributed by atoms with Gasteiger partial charge in [0.2, 0.25) is 0 Å². The number of hydrogen-bond acceptors (Lipinski definition) is 4. The highest BCUT2D eigenvalue weighted by molar-refractivity contribution is 5.72. The molecule has 1 aliphatic rings. The largest absolute Gasteiger partial charge is 0.465 e. The van der Waals surface area contributed by atoms with E-state index in [0.717, 1.165) is 25.7 Å². The highest BCUT2D eigenvalue weighted by atomic mass is 16.5. The van der Waals surface area contributed by atoms with Crippen molar-refractivity contribution < 1.29 is 14.3 Å². The maximum Gasteiger partial charge on any atom is 0.309 e. The minimum absolute atomic E-state index is 0.0290. The molecule has 0 bridgehead atoms. The van der Waals surface area contributed by atoms with E-state index in [0.29, 0.717) is 25.7 Å². The molecule has 94 valence electrons. The molecule has 4 nitrogen and oxygen atoms in total. The first kappa shape index (κ1) is 13.5. The standard InChI is InChI=1S/C12H23NO3/c1-15-7-4-8-16-12(14)11-6-3-2-5-10(11)9-13/h10-11H,2-9,13H2,1H3. The molecule has 0 aromatic heterocycles. The molecule has 0 aromatic rings. The highest BCUT2D eigenvalue weighted by Crippen LogP contribution is 2.30. The molecule has 1 saturated carbocycles. The summed E-state index contributed by atoms with van der Waals surface area (Å²) in [6.07, 6.45) is 5.07. The first-order valence-corrected chi connectivity index (χ1v) is 6.15. The van der Waals surface area contributed by atoms with Gasteiger partial charge in [0.1, 0.15) is 0 Å². The van der Waals surface area contributed by atoms with Crippen molar-refractivity contribution in [1.29, 1.82) is 0 Å². The van der Waals surface area contributed by atoms with Crippen molar-refractivity contribution in [3.63, 3.8) is 0 Å². The van der Waals surface area contributed by atoms with Gasteiger partial charge in [0.25, 0.3) is 0 Å². The van der Waals surface area contributed by atoms with Crippen LogP contribution in [0.25, 0.3) is 0 Å². The second-order valence-corrected chi connectivity index (χ2v) is 4.40. The van der Waals surface area contributed by atoms with Crippen molar-refractivity contribution in [3.05, 3.63) is 0 Å². The van der Waals surface area contributed by atoms with Crippen LogP contribution in [0.15, 0.2) is 0 Å². The van der Waals surface area contributed by atoms with Gasteiger partial charge in [0.05, 0.1) is 12.5 Å². The molecule has 2 unspecified atom stereocenters. The van der Waals surface area contributed by atoms with Gasteiger partial charge in [-0.3, -0.25) is 4.79 Å². The lowest BCUT2D eigenvalue weighted by Gasteiger charge is -2.28. The maximum atomic E-state index is 11.8. The topological polar surface area (TPSA) is 61.5 Å². The lowest BCUT2D eigenvalue weighted by molar-refractivity contribution is -0.152. The second-order valence-electron chi connectivity index (χ2n) is 4.40. The zero-order valence-corrected chi connectivity index (χ0v) is 10.1. The fourth-order valence-electron chi connectivity index (χ4n) is 2.28. The quantitative estimate of drug-likeness (QED) is 0.551. The van der Waals surface area contributed by atoms with E-state index >= 15 is 0 Å². The van der Waals surface area contributed by atoms with Crippen molar-refractivity contribution in [1.82, 2.24) is 0 Å². The van der Waals surface area contributed by atoms with Crippen molar-refractivity contribution in [2.45, 2.75) is 32.1 Å². The van der Waals surface area contributed by atoms with Crippen molar-refractivity contribution in [3.8, 4) is 0 Å². The number of rotatable bonds is 6. The summed E-state index contributed by atoms with van der Waals surface area (Å²) < 4.78 is 10.1. The molecule has 0 aromatic carbocycles. The molecule has 1 fully saturated rings. The van der Waals surface area contributed by atoms with Crippen LogP contribution in [0.5, 0.6) is 0 Å². The Balaban J connectivity index is 2.27. The summed E-state index contributed by atoms with van der Waals surface area (Å²) >= 11 is 0. The smallest absolute Gasteiger partial charge is 0.309 e. The number of nitrogens with two attached hydrogens (primary N) is 1. The SMILES string of the molecule is COCCCOC(=O)C1CCCCC1CN.